The molecule has 1 aliphatic rings. The van der Waals surface area contributed by atoms with Crippen LogP contribution in [0.4, 0.5) is 26.2 Å². The van der Waals surface area contributed by atoms with Crippen molar-refractivity contribution in [1.29, 1.82) is 0 Å². The Morgan fingerprint density at radius 3 is 2.52 bits per heavy atom. The maximum atomic E-state index is 13.4. The molecule has 0 atom stereocenters. The molecule has 8 heteroatoms. The number of urea groups is 1. The molecule has 1 aliphatic heterocycles. The molecule has 1 heterocycles. The van der Waals surface area contributed by atoms with E-state index < -0.39 is 11.8 Å². The molecule has 0 radical (unpaired) electrons. The number of ether oxygens (including phenoxy) is 1. The number of amides is 3. The summed E-state index contributed by atoms with van der Waals surface area (Å²) in [5.74, 6) is 0.0511. The summed E-state index contributed by atoms with van der Waals surface area (Å²) in [5, 5.41) is 8.29. The zero-order chi connectivity index (χ0) is 23.6. The molecule has 0 aliphatic carbocycles. The van der Waals surface area contributed by atoms with Gasteiger partial charge in [-0.3, -0.25) is 4.79 Å². The number of rotatable bonds is 9. The quantitative estimate of drug-likeness (QED) is 0.471. The largest absolute Gasteiger partial charge is 0.382 e. The van der Waals surface area contributed by atoms with Crippen molar-refractivity contribution < 1.29 is 18.7 Å². The van der Waals surface area contributed by atoms with Crippen LogP contribution in [-0.2, 0) is 4.74 Å². The molecule has 0 bridgehead atoms. The van der Waals surface area contributed by atoms with Gasteiger partial charge in [0, 0.05) is 49.9 Å². The Kier molecular flexibility index (Phi) is 9.06. The Hall–Kier alpha value is -3.13. The van der Waals surface area contributed by atoms with Crippen molar-refractivity contribution in [3.63, 3.8) is 0 Å². The van der Waals surface area contributed by atoms with Crippen molar-refractivity contribution in [1.82, 2.24) is 5.32 Å². The van der Waals surface area contributed by atoms with E-state index in [1.54, 1.807) is 18.2 Å². The smallest absolute Gasteiger partial charge is 0.323 e. The molecular weight excluding hydrogens is 423 g/mol. The molecule has 1 saturated heterocycles. The Balaban J connectivity index is 1.72. The van der Waals surface area contributed by atoms with Crippen LogP contribution in [0.15, 0.2) is 42.5 Å². The van der Waals surface area contributed by atoms with Crippen molar-refractivity contribution in [2.24, 2.45) is 5.92 Å². The topological polar surface area (TPSA) is 82.7 Å². The second-order valence-corrected chi connectivity index (χ2v) is 8.30. The summed E-state index contributed by atoms with van der Waals surface area (Å²) >= 11 is 0. The Morgan fingerprint density at radius 2 is 1.82 bits per heavy atom. The van der Waals surface area contributed by atoms with Crippen LogP contribution in [0.5, 0.6) is 0 Å². The van der Waals surface area contributed by atoms with Crippen LogP contribution in [0.1, 0.15) is 43.5 Å². The molecular formula is C25H33FN4O3. The van der Waals surface area contributed by atoms with Gasteiger partial charge in [-0.05, 0) is 68.5 Å². The molecule has 2 aromatic rings. The Bertz CT molecular complexity index is 945. The average Bonchev–Trinajstić information content (AvgIpc) is 2.79. The van der Waals surface area contributed by atoms with Gasteiger partial charge in [0.25, 0.3) is 5.91 Å². The second kappa shape index (κ2) is 12.2. The molecule has 3 amide bonds. The maximum Gasteiger partial charge on any atom is 0.323 e. The third-order valence-electron chi connectivity index (χ3n) is 5.66. The number of piperidine rings is 1. The van der Waals surface area contributed by atoms with Gasteiger partial charge >= 0.3 is 6.03 Å². The third kappa shape index (κ3) is 7.46. The second-order valence-electron chi connectivity index (χ2n) is 8.30. The van der Waals surface area contributed by atoms with Crippen molar-refractivity contribution in [3.05, 3.63) is 53.8 Å². The maximum absolute atomic E-state index is 13.4. The zero-order valence-corrected chi connectivity index (χ0v) is 19.3. The molecule has 0 spiro atoms. The predicted molar refractivity (Wildman–Crippen MR) is 130 cm³/mol. The van der Waals surface area contributed by atoms with Crippen molar-refractivity contribution in [2.75, 3.05) is 48.4 Å². The monoisotopic (exact) mass is 456 g/mol. The highest BCUT2D eigenvalue weighted by Gasteiger charge is 2.22. The van der Waals surface area contributed by atoms with Crippen LogP contribution in [0.3, 0.4) is 0 Å². The lowest BCUT2D eigenvalue weighted by Gasteiger charge is -2.33. The predicted octanol–water partition coefficient (Wildman–Crippen LogP) is 4.86. The molecule has 0 unspecified atom stereocenters. The minimum Gasteiger partial charge on any atom is -0.382 e. The Labute approximate surface area is 194 Å². The first-order valence-electron chi connectivity index (χ1n) is 11.5. The van der Waals surface area contributed by atoms with Crippen molar-refractivity contribution >= 4 is 29.0 Å². The summed E-state index contributed by atoms with van der Waals surface area (Å²) in [5.41, 5.74) is 2.21. The first-order chi connectivity index (χ1) is 16.0. The van der Waals surface area contributed by atoms with E-state index in [9.17, 15) is 14.0 Å². The Morgan fingerprint density at radius 1 is 1.09 bits per heavy atom. The van der Waals surface area contributed by atoms with Crippen LogP contribution < -0.4 is 20.9 Å². The fourth-order valence-corrected chi connectivity index (χ4v) is 3.80. The summed E-state index contributed by atoms with van der Waals surface area (Å²) < 4.78 is 18.7. The highest BCUT2D eigenvalue weighted by Crippen LogP contribution is 2.29. The van der Waals surface area contributed by atoms with Crippen LogP contribution in [0, 0.1) is 11.7 Å². The summed E-state index contributed by atoms with van der Waals surface area (Å²) in [6.45, 7) is 7.71. The van der Waals surface area contributed by atoms with Gasteiger partial charge in [0.1, 0.15) is 5.82 Å². The van der Waals surface area contributed by atoms with Crippen LogP contribution in [-0.4, -0.2) is 44.8 Å². The van der Waals surface area contributed by atoms with Gasteiger partial charge in [0.05, 0.1) is 5.56 Å². The van der Waals surface area contributed by atoms with Gasteiger partial charge < -0.3 is 25.6 Å². The lowest BCUT2D eigenvalue weighted by atomic mass is 9.98. The average molecular weight is 457 g/mol. The summed E-state index contributed by atoms with van der Waals surface area (Å²) in [7, 11) is 0. The molecule has 1 fully saturated rings. The zero-order valence-electron chi connectivity index (χ0n) is 19.3. The molecule has 3 N–H and O–H groups in total. The highest BCUT2D eigenvalue weighted by molar-refractivity contribution is 6.04. The number of benzene rings is 2. The van der Waals surface area contributed by atoms with E-state index in [2.05, 4.69) is 27.8 Å². The van der Waals surface area contributed by atoms with E-state index >= 15 is 0 Å². The number of hydrogen-bond acceptors (Lipinski definition) is 4. The standard InChI is InChI=1S/C25H33FN4O3/c1-3-33-15-5-12-27-24(31)22-17-21(8-9-23(22)30-13-10-18(2)11-14-30)29-25(32)28-20-7-4-6-19(26)16-20/h4,6-9,16-18H,3,5,10-15H2,1-2H3,(H,27,31)(H2,28,29,32). The molecule has 3 rings (SSSR count). The fourth-order valence-electron chi connectivity index (χ4n) is 3.80. The number of carbonyl (C=O) groups is 2. The molecule has 178 valence electrons. The van der Waals surface area contributed by atoms with E-state index in [1.165, 1.54) is 18.2 Å². The lowest BCUT2D eigenvalue weighted by molar-refractivity contribution is 0.0944. The lowest BCUT2D eigenvalue weighted by Crippen LogP contribution is -2.35. The van der Waals surface area contributed by atoms with E-state index in [0.717, 1.165) is 38.0 Å². The van der Waals surface area contributed by atoms with Crippen molar-refractivity contribution in [2.45, 2.75) is 33.1 Å². The van der Waals surface area contributed by atoms with Gasteiger partial charge in [-0.25, -0.2) is 9.18 Å². The van der Waals surface area contributed by atoms with Crippen LogP contribution >= 0.6 is 0 Å². The van der Waals surface area contributed by atoms with Crippen LogP contribution in [0.25, 0.3) is 0 Å². The number of nitrogens with one attached hydrogen (secondary N) is 3. The molecule has 7 nitrogen and oxygen atoms in total. The van der Waals surface area contributed by atoms with E-state index in [0.29, 0.717) is 42.6 Å². The summed E-state index contributed by atoms with van der Waals surface area (Å²) in [6.07, 6.45) is 2.88. The van der Waals surface area contributed by atoms with Gasteiger partial charge in [-0.2, -0.15) is 0 Å². The molecule has 0 aromatic heterocycles. The van der Waals surface area contributed by atoms with Gasteiger partial charge in [-0.1, -0.05) is 13.0 Å². The number of nitrogens with zero attached hydrogens (tertiary/aromatic N) is 1. The summed E-state index contributed by atoms with van der Waals surface area (Å²) in [6, 6.07) is 10.5. The van der Waals surface area contributed by atoms with Gasteiger partial charge in [-0.15, -0.1) is 0 Å². The van der Waals surface area contributed by atoms with E-state index in [-0.39, 0.29) is 5.91 Å². The summed E-state index contributed by atoms with van der Waals surface area (Å²) in [4.78, 5) is 27.7. The van der Waals surface area contributed by atoms with Crippen LogP contribution in [0.2, 0.25) is 0 Å². The van der Waals surface area contributed by atoms with E-state index in [4.69, 9.17) is 4.74 Å². The molecule has 33 heavy (non-hydrogen) atoms. The minimum absolute atomic E-state index is 0.186. The first kappa shape index (κ1) is 24.5. The number of hydrogen-bond donors (Lipinski definition) is 3. The first-order valence-corrected chi connectivity index (χ1v) is 11.5. The van der Waals surface area contributed by atoms with Crippen molar-refractivity contribution in [3.8, 4) is 0 Å². The van der Waals surface area contributed by atoms with Gasteiger partial charge in [0.2, 0.25) is 0 Å². The highest BCUT2D eigenvalue weighted by atomic mass is 19.1. The number of halogens is 1. The minimum atomic E-state index is -0.511. The van der Waals surface area contributed by atoms with Gasteiger partial charge in [0.15, 0.2) is 0 Å². The number of carbonyl (C=O) groups excluding carboxylic acids is 2. The molecule has 0 saturated carbocycles. The number of anilines is 3. The third-order valence-corrected chi connectivity index (χ3v) is 5.66. The normalized spacial score (nSPS) is 14.1. The van der Waals surface area contributed by atoms with E-state index in [1.807, 2.05) is 13.0 Å². The fraction of sp³-hybridized carbons (Fsp3) is 0.440. The molecule has 2 aromatic carbocycles. The SMILES string of the molecule is CCOCCCNC(=O)c1cc(NC(=O)Nc2cccc(F)c2)ccc1N1CCC(C)CC1.